The van der Waals surface area contributed by atoms with Crippen molar-refractivity contribution in [2.24, 2.45) is 0 Å². The van der Waals surface area contributed by atoms with E-state index in [4.69, 9.17) is 4.42 Å². The third kappa shape index (κ3) is 1.64. The largest absolute Gasteiger partial charge is 0.462 e. The third-order valence-electron chi connectivity index (χ3n) is 2.34. The van der Waals surface area contributed by atoms with Gasteiger partial charge in [0.1, 0.15) is 6.26 Å². The molecule has 5 heteroatoms. The SMILES string of the molecule is Cc1c(Br)cc2c(=O)c(C=O)coc2c1Br. The maximum Gasteiger partial charge on any atom is 0.203 e. The molecule has 16 heavy (non-hydrogen) atoms. The second-order valence-corrected chi connectivity index (χ2v) is 4.96. The second-order valence-electron chi connectivity index (χ2n) is 3.31. The Morgan fingerprint density at radius 2 is 2.06 bits per heavy atom. The molecule has 0 atom stereocenters. The zero-order chi connectivity index (χ0) is 11.9. The van der Waals surface area contributed by atoms with Gasteiger partial charge in [-0.1, -0.05) is 15.9 Å². The van der Waals surface area contributed by atoms with Crippen molar-refractivity contribution in [3.63, 3.8) is 0 Å². The fourth-order valence-electron chi connectivity index (χ4n) is 1.39. The van der Waals surface area contributed by atoms with Crippen LogP contribution in [0.5, 0.6) is 0 Å². The molecular formula is C11H6Br2O3. The Morgan fingerprint density at radius 1 is 1.38 bits per heavy atom. The maximum absolute atomic E-state index is 11.8. The van der Waals surface area contributed by atoms with Gasteiger partial charge in [-0.05, 0) is 34.5 Å². The Labute approximate surface area is 108 Å². The Bertz CT molecular complexity index is 644. The van der Waals surface area contributed by atoms with E-state index in [1.165, 1.54) is 6.26 Å². The van der Waals surface area contributed by atoms with Crippen LogP contribution >= 0.6 is 31.9 Å². The summed E-state index contributed by atoms with van der Waals surface area (Å²) in [5.74, 6) is 0. The Hall–Kier alpha value is -0.940. The van der Waals surface area contributed by atoms with E-state index >= 15 is 0 Å². The Balaban J connectivity index is 3.02. The highest BCUT2D eigenvalue weighted by Gasteiger charge is 2.13. The van der Waals surface area contributed by atoms with Crippen LogP contribution in [0.3, 0.4) is 0 Å². The molecule has 82 valence electrons. The molecule has 0 N–H and O–H groups in total. The molecule has 3 nitrogen and oxygen atoms in total. The zero-order valence-electron chi connectivity index (χ0n) is 8.21. The molecule has 0 aliphatic heterocycles. The van der Waals surface area contributed by atoms with E-state index in [1.807, 2.05) is 6.92 Å². The van der Waals surface area contributed by atoms with Gasteiger partial charge in [-0.25, -0.2) is 0 Å². The molecule has 0 spiro atoms. The first-order valence-corrected chi connectivity index (χ1v) is 6.00. The average Bonchev–Trinajstić information content (AvgIpc) is 2.28. The number of rotatable bonds is 1. The molecule has 1 heterocycles. The van der Waals surface area contributed by atoms with Gasteiger partial charge < -0.3 is 4.42 Å². The zero-order valence-corrected chi connectivity index (χ0v) is 11.4. The summed E-state index contributed by atoms with van der Waals surface area (Å²) >= 11 is 6.71. The predicted molar refractivity (Wildman–Crippen MR) is 68.0 cm³/mol. The molecule has 0 unspecified atom stereocenters. The molecule has 0 aliphatic rings. The number of hydrogen-bond acceptors (Lipinski definition) is 3. The lowest BCUT2D eigenvalue weighted by Gasteiger charge is -2.05. The fraction of sp³-hybridized carbons (Fsp3) is 0.0909. The second kappa shape index (κ2) is 4.14. The molecule has 0 amide bonds. The van der Waals surface area contributed by atoms with Crippen LogP contribution in [0.15, 0.2) is 30.5 Å². The molecular weight excluding hydrogens is 340 g/mol. The highest BCUT2D eigenvalue weighted by molar-refractivity contribution is 9.11. The van der Waals surface area contributed by atoms with Crippen molar-refractivity contribution in [1.29, 1.82) is 0 Å². The molecule has 2 rings (SSSR count). The van der Waals surface area contributed by atoms with Crippen LogP contribution in [0, 0.1) is 6.92 Å². The summed E-state index contributed by atoms with van der Waals surface area (Å²) < 4.78 is 6.79. The Kier molecular flexibility index (Phi) is 2.99. The summed E-state index contributed by atoms with van der Waals surface area (Å²) in [5.41, 5.74) is 1.10. The van der Waals surface area contributed by atoms with Crippen LogP contribution in [-0.2, 0) is 0 Å². The van der Waals surface area contributed by atoms with Gasteiger partial charge in [-0.15, -0.1) is 0 Å². The van der Waals surface area contributed by atoms with Crippen molar-refractivity contribution in [1.82, 2.24) is 0 Å². The van der Waals surface area contributed by atoms with E-state index < -0.39 is 0 Å². The number of carbonyl (C=O) groups is 1. The van der Waals surface area contributed by atoms with Crippen molar-refractivity contribution in [2.45, 2.75) is 6.92 Å². The number of fused-ring (bicyclic) bond motifs is 1. The molecule has 0 radical (unpaired) electrons. The van der Waals surface area contributed by atoms with Crippen LogP contribution in [0.1, 0.15) is 15.9 Å². The maximum atomic E-state index is 11.8. The standard InChI is InChI=1S/C11H6Br2O3/c1-5-8(12)2-7-10(15)6(3-14)4-16-11(7)9(5)13/h2-4H,1H3. The average molecular weight is 346 g/mol. The monoisotopic (exact) mass is 344 g/mol. The molecule has 0 aliphatic carbocycles. The third-order valence-corrected chi connectivity index (χ3v) is 4.12. The first-order chi connectivity index (χ1) is 7.56. The summed E-state index contributed by atoms with van der Waals surface area (Å²) in [5, 5.41) is 0.383. The van der Waals surface area contributed by atoms with E-state index in [-0.39, 0.29) is 11.0 Å². The van der Waals surface area contributed by atoms with Crippen LogP contribution < -0.4 is 5.43 Å². The number of benzene rings is 1. The van der Waals surface area contributed by atoms with Gasteiger partial charge in [0.15, 0.2) is 11.9 Å². The lowest BCUT2D eigenvalue weighted by atomic mass is 10.1. The summed E-state index contributed by atoms with van der Waals surface area (Å²) in [6, 6.07) is 1.66. The van der Waals surface area contributed by atoms with Gasteiger partial charge in [0, 0.05) is 4.47 Å². The minimum atomic E-state index is -0.322. The molecule has 0 saturated heterocycles. The van der Waals surface area contributed by atoms with E-state index in [1.54, 1.807) is 6.07 Å². The fourth-order valence-corrected chi connectivity index (χ4v) is 2.60. The topological polar surface area (TPSA) is 47.3 Å². The van der Waals surface area contributed by atoms with Gasteiger partial charge in [-0.2, -0.15) is 0 Å². The number of carbonyl (C=O) groups excluding carboxylic acids is 1. The van der Waals surface area contributed by atoms with Crippen LogP contribution in [0.25, 0.3) is 11.0 Å². The van der Waals surface area contributed by atoms with Gasteiger partial charge in [0.05, 0.1) is 15.4 Å². The van der Waals surface area contributed by atoms with Crippen molar-refractivity contribution < 1.29 is 9.21 Å². The van der Waals surface area contributed by atoms with E-state index in [0.29, 0.717) is 21.7 Å². The van der Waals surface area contributed by atoms with Crippen molar-refractivity contribution in [3.8, 4) is 0 Å². The summed E-state index contributed by atoms with van der Waals surface area (Å²) in [6.45, 7) is 1.89. The highest BCUT2D eigenvalue weighted by atomic mass is 79.9. The molecule has 1 aromatic carbocycles. The molecule has 0 bridgehead atoms. The Morgan fingerprint density at radius 3 is 2.69 bits per heavy atom. The first-order valence-electron chi connectivity index (χ1n) is 4.41. The van der Waals surface area contributed by atoms with Crippen molar-refractivity contribution >= 4 is 49.1 Å². The normalized spacial score (nSPS) is 10.7. The van der Waals surface area contributed by atoms with E-state index in [0.717, 1.165) is 10.0 Å². The summed E-state index contributed by atoms with van der Waals surface area (Å²) in [6.07, 6.45) is 1.67. The van der Waals surface area contributed by atoms with Gasteiger partial charge in [-0.3, -0.25) is 9.59 Å². The number of aldehydes is 1. The number of halogens is 2. The molecule has 0 saturated carbocycles. The number of hydrogen-bond donors (Lipinski definition) is 0. The van der Waals surface area contributed by atoms with Crippen molar-refractivity contribution in [2.75, 3.05) is 0 Å². The van der Waals surface area contributed by atoms with Crippen LogP contribution in [0.2, 0.25) is 0 Å². The highest BCUT2D eigenvalue weighted by Crippen LogP contribution is 2.31. The predicted octanol–water partition coefficient (Wildman–Crippen LogP) is 3.44. The van der Waals surface area contributed by atoms with Crippen molar-refractivity contribution in [3.05, 3.63) is 42.6 Å². The van der Waals surface area contributed by atoms with Gasteiger partial charge in [0.25, 0.3) is 0 Å². The minimum Gasteiger partial charge on any atom is -0.462 e. The van der Waals surface area contributed by atoms with Gasteiger partial charge >= 0.3 is 0 Å². The van der Waals surface area contributed by atoms with Crippen LogP contribution in [0.4, 0.5) is 0 Å². The van der Waals surface area contributed by atoms with E-state index in [9.17, 15) is 9.59 Å². The van der Waals surface area contributed by atoms with E-state index in [2.05, 4.69) is 31.9 Å². The molecule has 2 aromatic rings. The minimum absolute atomic E-state index is 0.0233. The first kappa shape index (κ1) is 11.5. The van der Waals surface area contributed by atoms with Crippen LogP contribution in [-0.4, -0.2) is 6.29 Å². The summed E-state index contributed by atoms with van der Waals surface area (Å²) in [7, 11) is 0. The summed E-state index contributed by atoms with van der Waals surface area (Å²) in [4.78, 5) is 22.5. The van der Waals surface area contributed by atoms with Gasteiger partial charge in [0.2, 0.25) is 5.43 Å². The quantitative estimate of drug-likeness (QED) is 0.744. The lowest BCUT2D eigenvalue weighted by molar-refractivity contribution is 0.112. The smallest absolute Gasteiger partial charge is 0.203 e. The molecule has 0 fully saturated rings. The lowest BCUT2D eigenvalue weighted by Crippen LogP contribution is -2.08. The molecule has 1 aromatic heterocycles.